The molecule has 2 aliphatic rings. The SMILES string of the molecule is CCOC(=O)[C@H]1[C@@](SCCO)(C(=O)OCC)[C@H]2C=C[C@]1(CNC(=O)c1ccc([N+](=O)[O-])cc1)O2. The maximum atomic E-state index is 13.2. The van der Waals surface area contributed by atoms with E-state index in [0.717, 1.165) is 11.8 Å². The predicted molar refractivity (Wildman–Crippen MR) is 121 cm³/mol. The van der Waals surface area contributed by atoms with Crippen LogP contribution in [0.4, 0.5) is 5.69 Å². The highest BCUT2D eigenvalue weighted by molar-refractivity contribution is 8.01. The summed E-state index contributed by atoms with van der Waals surface area (Å²) < 4.78 is 15.2. The van der Waals surface area contributed by atoms with Crippen molar-refractivity contribution >= 4 is 35.3 Å². The molecule has 12 heteroatoms. The first-order chi connectivity index (χ1) is 16.3. The number of hydrogen-bond donors (Lipinski definition) is 2. The first-order valence-corrected chi connectivity index (χ1v) is 11.7. The molecule has 2 heterocycles. The molecule has 4 atom stereocenters. The van der Waals surface area contributed by atoms with Gasteiger partial charge in [-0.3, -0.25) is 24.5 Å². The average molecular weight is 495 g/mol. The fourth-order valence-electron chi connectivity index (χ4n) is 4.26. The number of thioether (sulfide) groups is 1. The fraction of sp³-hybridized carbons (Fsp3) is 0.500. The third kappa shape index (κ3) is 4.52. The van der Waals surface area contributed by atoms with E-state index >= 15 is 0 Å². The van der Waals surface area contributed by atoms with E-state index < -0.39 is 45.1 Å². The number of ether oxygens (including phenoxy) is 3. The van der Waals surface area contributed by atoms with Crippen LogP contribution >= 0.6 is 11.8 Å². The lowest BCUT2D eigenvalue weighted by Crippen LogP contribution is -2.59. The van der Waals surface area contributed by atoms with Gasteiger partial charge in [0.05, 0.1) is 31.3 Å². The van der Waals surface area contributed by atoms with Gasteiger partial charge >= 0.3 is 11.9 Å². The van der Waals surface area contributed by atoms with Crippen LogP contribution in [0.5, 0.6) is 0 Å². The molecule has 1 aromatic carbocycles. The third-order valence-electron chi connectivity index (χ3n) is 5.65. The lowest BCUT2D eigenvalue weighted by atomic mass is 9.74. The van der Waals surface area contributed by atoms with E-state index in [4.69, 9.17) is 14.2 Å². The molecule has 1 fully saturated rings. The predicted octanol–water partition coefficient (Wildman–Crippen LogP) is 1.24. The van der Waals surface area contributed by atoms with Gasteiger partial charge in [0.25, 0.3) is 11.6 Å². The summed E-state index contributed by atoms with van der Waals surface area (Å²) in [6, 6.07) is 5.06. The zero-order valence-corrected chi connectivity index (χ0v) is 19.5. The number of amides is 1. The lowest BCUT2D eigenvalue weighted by Gasteiger charge is -2.38. The number of nitro benzene ring substituents is 1. The van der Waals surface area contributed by atoms with Crippen LogP contribution < -0.4 is 5.32 Å². The zero-order chi connectivity index (χ0) is 24.9. The molecule has 2 N–H and O–H groups in total. The van der Waals surface area contributed by atoms with E-state index in [1.165, 1.54) is 24.3 Å². The summed E-state index contributed by atoms with van der Waals surface area (Å²) in [5.74, 6) is -2.89. The van der Waals surface area contributed by atoms with E-state index in [0.29, 0.717) is 0 Å². The number of esters is 2. The van der Waals surface area contributed by atoms with Gasteiger partial charge in [-0.2, -0.15) is 0 Å². The number of aliphatic hydroxyl groups is 1. The number of carbonyl (C=O) groups excluding carboxylic acids is 3. The maximum absolute atomic E-state index is 13.2. The Hall–Kier alpha value is -2.96. The molecule has 0 saturated carbocycles. The van der Waals surface area contributed by atoms with Crippen LogP contribution in [0.2, 0.25) is 0 Å². The quantitative estimate of drug-likeness (QED) is 0.199. The van der Waals surface area contributed by atoms with E-state index in [2.05, 4.69) is 5.32 Å². The molecule has 1 aromatic rings. The van der Waals surface area contributed by atoms with Gasteiger partial charge in [-0.15, -0.1) is 11.8 Å². The standard InChI is InChI=1S/C22H26N2O9S/c1-3-31-19(27)17-21(13-23-18(26)14-5-7-15(8-6-14)24(29)30)10-9-16(33-21)22(17,34-12-11-25)20(28)32-4-2/h5-10,16-17,25H,3-4,11-13H2,1-2H3,(H,23,26)/t16-,17-,21-,22-/m1/s1. The number of aliphatic hydroxyl groups excluding tert-OH is 1. The molecule has 34 heavy (non-hydrogen) atoms. The monoisotopic (exact) mass is 494 g/mol. The smallest absolute Gasteiger partial charge is 0.326 e. The van der Waals surface area contributed by atoms with Crippen LogP contribution in [0.3, 0.4) is 0 Å². The number of hydrogen-bond acceptors (Lipinski definition) is 10. The van der Waals surface area contributed by atoms with Gasteiger partial charge in [0.15, 0.2) is 4.75 Å². The Labute approximate surface area is 200 Å². The van der Waals surface area contributed by atoms with Crippen LogP contribution in [0.15, 0.2) is 36.4 Å². The van der Waals surface area contributed by atoms with E-state index in [1.807, 2.05) is 0 Å². The summed E-state index contributed by atoms with van der Waals surface area (Å²) in [7, 11) is 0. The number of fused-ring (bicyclic) bond motifs is 2. The number of rotatable bonds is 11. The van der Waals surface area contributed by atoms with Gasteiger partial charge in [-0.25, -0.2) is 0 Å². The second-order valence-corrected chi connectivity index (χ2v) is 8.98. The van der Waals surface area contributed by atoms with Crippen molar-refractivity contribution in [2.75, 3.05) is 32.1 Å². The normalized spacial score (nSPS) is 26.8. The summed E-state index contributed by atoms with van der Waals surface area (Å²) in [5.41, 5.74) is -1.36. The van der Waals surface area contributed by atoms with Crippen LogP contribution in [0, 0.1) is 16.0 Å². The van der Waals surface area contributed by atoms with Gasteiger partial charge in [0.2, 0.25) is 0 Å². The lowest BCUT2D eigenvalue weighted by molar-refractivity contribution is -0.384. The van der Waals surface area contributed by atoms with Crippen molar-refractivity contribution in [3.63, 3.8) is 0 Å². The molecule has 1 amide bonds. The Morgan fingerprint density at radius 2 is 1.88 bits per heavy atom. The molecule has 2 bridgehead atoms. The minimum Gasteiger partial charge on any atom is -0.466 e. The van der Waals surface area contributed by atoms with E-state index in [9.17, 15) is 29.6 Å². The topological polar surface area (TPSA) is 154 Å². The Morgan fingerprint density at radius 1 is 1.21 bits per heavy atom. The number of non-ortho nitro benzene ring substituents is 1. The van der Waals surface area contributed by atoms with E-state index in [-0.39, 0.29) is 43.4 Å². The minimum absolute atomic E-state index is 0.0680. The molecule has 3 rings (SSSR count). The summed E-state index contributed by atoms with van der Waals surface area (Å²) in [6.07, 6.45) is 2.44. The van der Waals surface area contributed by atoms with Crippen molar-refractivity contribution in [2.24, 2.45) is 5.92 Å². The van der Waals surface area contributed by atoms with Gasteiger partial charge < -0.3 is 24.6 Å². The highest BCUT2D eigenvalue weighted by Gasteiger charge is 2.72. The molecule has 0 spiro atoms. The summed E-state index contributed by atoms with van der Waals surface area (Å²) in [5, 5.41) is 23.0. The van der Waals surface area contributed by atoms with Crippen LogP contribution in [-0.2, 0) is 23.8 Å². The molecule has 11 nitrogen and oxygen atoms in total. The Bertz CT molecular complexity index is 983. The second-order valence-electron chi connectivity index (χ2n) is 7.61. The van der Waals surface area contributed by atoms with Crippen LogP contribution in [-0.4, -0.2) is 76.4 Å². The number of nitro groups is 1. The molecule has 0 radical (unpaired) electrons. The molecule has 1 saturated heterocycles. The Kier molecular flexibility index (Phi) is 7.95. The summed E-state index contributed by atoms with van der Waals surface area (Å²) in [6.45, 7) is 3.03. The van der Waals surface area contributed by atoms with E-state index in [1.54, 1.807) is 26.0 Å². The van der Waals surface area contributed by atoms with Crippen molar-refractivity contribution in [3.8, 4) is 0 Å². The van der Waals surface area contributed by atoms with Crippen LogP contribution in [0.1, 0.15) is 24.2 Å². The molecule has 184 valence electrons. The Morgan fingerprint density at radius 3 is 2.47 bits per heavy atom. The first-order valence-electron chi connectivity index (χ1n) is 10.7. The minimum atomic E-state index is -1.50. The van der Waals surface area contributed by atoms with Gasteiger partial charge in [-0.1, -0.05) is 12.2 Å². The van der Waals surface area contributed by atoms with Crippen molar-refractivity contribution in [1.82, 2.24) is 5.32 Å². The number of nitrogens with zero attached hydrogens (tertiary/aromatic N) is 1. The summed E-state index contributed by atoms with van der Waals surface area (Å²) >= 11 is 1.06. The third-order valence-corrected chi connectivity index (χ3v) is 7.15. The highest BCUT2D eigenvalue weighted by atomic mass is 32.2. The molecule has 0 unspecified atom stereocenters. The Balaban J connectivity index is 1.91. The van der Waals surface area contributed by atoms with Crippen LogP contribution in [0.25, 0.3) is 0 Å². The van der Waals surface area contributed by atoms with Crippen molar-refractivity contribution in [1.29, 1.82) is 0 Å². The van der Waals surface area contributed by atoms with Crippen molar-refractivity contribution in [3.05, 3.63) is 52.1 Å². The van der Waals surface area contributed by atoms with Gasteiger partial charge in [0, 0.05) is 23.4 Å². The number of benzene rings is 1. The first kappa shape index (κ1) is 25.7. The number of carbonyl (C=O) groups is 3. The molecular formula is C22H26N2O9S. The summed E-state index contributed by atoms with van der Waals surface area (Å²) in [4.78, 5) is 49.3. The molecule has 0 aromatic heterocycles. The highest BCUT2D eigenvalue weighted by Crippen LogP contribution is 2.56. The molecular weight excluding hydrogens is 468 g/mol. The number of nitrogens with one attached hydrogen (secondary N) is 1. The average Bonchev–Trinajstić information content (AvgIpc) is 3.37. The molecule has 2 aliphatic heterocycles. The van der Waals surface area contributed by atoms with Gasteiger partial charge in [-0.05, 0) is 26.0 Å². The van der Waals surface area contributed by atoms with Gasteiger partial charge in [0.1, 0.15) is 17.6 Å². The fourth-order valence-corrected chi connectivity index (χ4v) is 5.62. The van der Waals surface area contributed by atoms with Crippen molar-refractivity contribution < 1.29 is 38.6 Å². The largest absolute Gasteiger partial charge is 0.466 e. The maximum Gasteiger partial charge on any atom is 0.326 e. The molecule has 0 aliphatic carbocycles. The van der Waals surface area contributed by atoms with Crippen molar-refractivity contribution in [2.45, 2.75) is 30.3 Å². The second kappa shape index (κ2) is 10.5. The zero-order valence-electron chi connectivity index (χ0n) is 18.7.